The van der Waals surface area contributed by atoms with Crippen molar-refractivity contribution >= 4 is 12.1 Å². The van der Waals surface area contributed by atoms with Crippen LogP contribution in [0.15, 0.2) is 12.7 Å². The highest BCUT2D eigenvalue weighted by Crippen LogP contribution is 2.53. The van der Waals surface area contributed by atoms with Gasteiger partial charge < -0.3 is 14.8 Å². The van der Waals surface area contributed by atoms with Crippen molar-refractivity contribution < 1.29 is 58.6 Å². The van der Waals surface area contributed by atoms with Crippen molar-refractivity contribution in [1.29, 1.82) is 0 Å². The third-order valence-electron chi connectivity index (χ3n) is 2.64. The third-order valence-corrected chi connectivity index (χ3v) is 2.64. The number of ether oxygens (including phenoxy) is 2. The molecule has 14 heteroatoms. The monoisotopic (exact) mass is 405 g/mol. The van der Waals surface area contributed by atoms with Crippen molar-refractivity contribution in [2.24, 2.45) is 0 Å². The van der Waals surface area contributed by atoms with Crippen LogP contribution in [0, 0.1) is 0 Å². The molecule has 0 radical (unpaired) electrons. The van der Waals surface area contributed by atoms with E-state index in [9.17, 15) is 49.1 Å². The van der Waals surface area contributed by atoms with Crippen LogP contribution in [0.2, 0.25) is 0 Å². The normalized spacial score (nSPS) is 13.1. The van der Waals surface area contributed by atoms with E-state index < -0.39 is 62.2 Å². The quantitative estimate of drug-likeness (QED) is 0.277. The second kappa shape index (κ2) is 8.49. The molecule has 0 fully saturated rings. The fraction of sp³-hybridized carbons (Fsp3) is 0.667. The molecule has 0 aliphatic carbocycles. The largest absolute Gasteiger partial charge is 0.461 e. The summed E-state index contributed by atoms with van der Waals surface area (Å²) < 4.78 is 121. The van der Waals surface area contributed by atoms with Gasteiger partial charge in [-0.2, -0.15) is 39.5 Å². The Labute approximate surface area is 140 Å². The molecular weight excluding hydrogens is 393 g/mol. The van der Waals surface area contributed by atoms with Gasteiger partial charge in [-0.3, -0.25) is 0 Å². The Morgan fingerprint density at radius 3 is 1.88 bits per heavy atom. The van der Waals surface area contributed by atoms with E-state index in [1.807, 2.05) is 5.32 Å². The molecule has 5 nitrogen and oxygen atoms in total. The first kappa shape index (κ1) is 23.9. The van der Waals surface area contributed by atoms with Gasteiger partial charge in [0.15, 0.2) is 0 Å². The predicted molar refractivity (Wildman–Crippen MR) is 66.0 cm³/mol. The summed E-state index contributed by atoms with van der Waals surface area (Å²) >= 11 is 0. The number of rotatable bonds is 9. The van der Waals surface area contributed by atoms with Gasteiger partial charge in [-0.25, -0.2) is 9.59 Å². The summed E-state index contributed by atoms with van der Waals surface area (Å²) in [4.78, 5) is 21.6. The minimum Gasteiger partial charge on any atom is -0.461 e. The number of amides is 1. The Hall–Kier alpha value is -2.15. The SMILES string of the molecule is C=CC(=O)OCCNC(=O)OCCC(F)(F)C(F)(F)C(F)(F)C(F)(F)F. The van der Waals surface area contributed by atoms with Gasteiger partial charge in [-0.15, -0.1) is 0 Å². The highest BCUT2D eigenvalue weighted by atomic mass is 19.4. The maximum absolute atomic E-state index is 13.1. The number of esters is 1. The van der Waals surface area contributed by atoms with E-state index in [0.717, 1.165) is 6.08 Å². The van der Waals surface area contributed by atoms with Crippen LogP contribution in [0.3, 0.4) is 0 Å². The molecule has 0 bridgehead atoms. The van der Waals surface area contributed by atoms with Gasteiger partial charge >= 0.3 is 36.0 Å². The van der Waals surface area contributed by atoms with E-state index in [4.69, 9.17) is 0 Å². The molecule has 0 aromatic carbocycles. The zero-order valence-electron chi connectivity index (χ0n) is 12.6. The van der Waals surface area contributed by atoms with Crippen molar-refractivity contribution in [1.82, 2.24) is 5.32 Å². The lowest BCUT2D eigenvalue weighted by molar-refractivity contribution is -0.397. The minimum atomic E-state index is -7.00. The fourth-order valence-corrected chi connectivity index (χ4v) is 1.25. The van der Waals surface area contributed by atoms with E-state index in [1.54, 1.807) is 0 Å². The summed E-state index contributed by atoms with van der Waals surface area (Å²) in [6.07, 6.45) is -9.91. The zero-order chi connectivity index (χ0) is 20.8. The molecular formula is C12H12F9NO4. The van der Waals surface area contributed by atoms with Crippen LogP contribution in [0.5, 0.6) is 0 Å². The smallest absolute Gasteiger partial charge is 0.460 e. The number of carbonyl (C=O) groups excluding carboxylic acids is 2. The summed E-state index contributed by atoms with van der Waals surface area (Å²) in [7, 11) is 0. The van der Waals surface area contributed by atoms with Gasteiger partial charge in [-0.05, 0) is 0 Å². The Balaban J connectivity index is 4.54. The number of carbonyl (C=O) groups is 2. The lowest BCUT2D eigenvalue weighted by Crippen LogP contribution is -2.61. The average Bonchev–Trinajstić information content (AvgIpc) is 2.49. The molecule has 0 saturated carbocycles. The predicted octanol–water partition coefficient (Wildman–Crippen LogP) is 3.30. The number of hydrogen-bond donors (Lipinski definition) is 1. The van der Waals surface area contributed by atoms with Gasteiger partial charge in [-0.1, -0.05) is 6.58 Å². The van der Waals surface area contributed by atoms with Crippen molar-refractivity contribution in [2.75, 3.05) is 19.8 Å². The van der Waals surface area contributed by atoms with Crippen molar-refractivity contribution in [3.8, 4) is 0 Å². The molecule has 152 valence electrons. The number of alkyl carbamates (subject to hydrolysis) is 1. The molecule has 0 atom stereocenters. The summed E-state index contributed by atoms with van der Waals surface area (Å²) in [5, 5.41) is 1.81. The van der Waals surface area contributed by atoms with Crippen LogP contribution < -0.4 is 5.32 Å². The van der Waals surface area contributed by atoms with Crippen LogP contribution in [0.1, 0.15) is 6.42 Å². The van der Waals surface area contributed by atoms with E-state index >= 15 is 0 Å². The minimum absolute atomic E-state index is 0.392. The summed E-state index contributed by atoms with van der Waals surface area (Å²) in [5.41, 5.74) is 0. The molecule has 0 rings (SSSR count). The van der Waals surface area contributed by atoms with Gasteiger partial charge in [0, 0.05) is 6.08 Å². The molecule has 1 amide bonds. The Kier molecular flexibility index (Phi) is 7.79. The lowest BCUT2D eigenvalue weighted by atomic mass is 10.0. The molecule has 0 saturated heterocycles. The standard InChI is InChI=1S/C12H12F9NO4/c1-2-7(23)25-6-4-22-8(24)26-5-3-9(13,14)10(15,16)11(17,18)12(19,20)21/h2H,1,3-6H2,(H,22,24). The maximum Gasteiger partial charge on any atom is 0.460 e. The second-order valence-corrected chi connectivity index (χ2v) is 4.54. The van der Waals surface area contributed by atoms with Gasteiger partial charge in [0.25, 0.3) is 0 Å². The molecule has 0 aliphatic heterocycles. The number of nitrogens with one attached hydrogen (secondary N) is 1. The van der Waals surface area contributed by atoms with Crippen LogP contribution >= 0.6 is 0 Å². The molecule has 1 N–H and O–H groups in total. The van der Waals surface area contributed by atoms with E-state index in [1.165, 1.54) is 0 Å². The Morgan fingerprint density at radius 2 is 1.42 bits per heavy atom. The summed E-state index contributed by atoms with van der Waals surface area (Å²) in [6.45, 7) is 0.670. The first-order valence-electron chi connectivity index (χ1n) is 6.50. The average molecular weight is 405 g/mol. The summed E-state index contributed by atoms with van der Waals surface area (Å²) in [6, 6.07) is 0. The second-order valence-electron chi connectivity index (χ2n) is 4.54. The molecule has 0 spiro atoms. The molecule has 0 heterocycles. The molecule has 0 unspecified atom stereocenters. The number of halogens is 9. The van der Waals surface area contributed by atoms with Crippen LogP contribution in [-0.4, -0.2) is 55.8 Å². The van der Waals surface area contributed by atoms with Gasteiger partial charge in [0.05, 0.1) is 19.6 Å². The molecule has 0 aromatic rings. The summed E-state index contributed by atoms with van der Waals surface area (Å²) in [5.74, 6) is -20.4. The lowest BCUT2D eigenvalue weighted by Gasteiger charge is -2.33. The van der Waals surface area contributed by atoms with Crippen molar-refractivity contribution in [3.05, 3.63) is 12.7 Å². The van der Waals surface area contributed by atoms with Gasteiger partial charge in [0.1, 0.15) is 6.61 Å². The van der Waals surface area contributed by atoms with Crippen molar-refractivity contribution in [3.63, 3.8) is 0 Å². The number of alkyl halides is 9. The van der Waals surface area contributed by atoms with E-state index in [-0.39, 0.29) is 0 Å². The molecule has 0 aliphatic rings. The third kappa shape index (κ3) is 5.69. The maximum atomic E-state index is 13.1. The van der Waals surface area contributed by atoms with Crippen molar-refractivity contribution in [2.45, 2.75) is 30.4 Å². The zero-order valence-corrected chi connectivity index (χ0v) is 12.6. The van der Waals surface area contributed by atoms with Crippen LogP contribution in [-0.2, 0) is 14.3 Å². The first-order chi connectivity index (χ1) is 11.6. The molecule has 26 heavy (non-hydrogen) atoms. The first-order valence-corrected chi connectivity index (χ1v) is 6.50. The van der Waals surface area contributed by atoms with Gasteiger partial charge in [0.2, 0.25) is 0 Å². The topological polar surface area (TPSA) is 64.6 Å². The van der Waals surface area contributed by atoms with Crippen LogP contribution in [0.4, 0.5) is 44.3 Å². The highest BCUT2D eigenvalue weighted by molar-refractivity contribution is 5.81. The van der Waals surface area contributed by atoms with Crippen LogP contribution in [0.25, 0.3) is 0 Å². The molecule has 0 aromatic heterocycles. The fourth-order valence-electron chi connectivity index (χ4n) is 1.25. The Bertz CT molecular complexity index is 519. The Morgan fingerprint density at radius 1 is 0.885 bits per heavy atom. The highest BCUT2D eigenvalue weighted by Gasteiger charge is 2.81. The number of hydrogen-bond acceptors (Lipinski definition) is 4. The van der Waals surface area contributed by atoms with E-state index in [2.05, 4.69) is 16.1 Å². The van der Waals surface area contributed by atoms with E-state index in [0.29, 0.717) is 0 Å².